The zero-order valence-corrected chi connectivity index (χ0v) is 11.0. The molecule has 3 nitrogen and oxygen atoms in total. The number of benzene rings is 1. The van der Waals surface area contributed by atoms with Gasteiger partial charge in [0.15, 0.2) is 0 Å². The van der Waals surface area contributed by atoms with Crippen molar-refractivity contribution in [1.29, 1.82) is 0 Å². The van der Waals surface area contributed by atoms with E-state index in [-0.39, 0.29) is 0 Å². The van der Waals surface area contributed by atoms with Crippen molar-refractivity contribution >= 4 is 17.6 Å². The fourth-order valence-corrected chi connectivity index (χ4v) is 2.57. The quantitative estimate of drug-likeness (QED) is 0.853. The SMILES string of the molecule is N[C@@H](C(=O)OCC1CCCC1)c1ccccc1Cl. The average Bonchev–Trinajstić information content (AvgIpc) is 2.89. The van der Waals surface area contributed by atoms with E-state index in [4.69, 9.17) is 22.1 Å². The van der Waals surface area contributed by atoms with Crippen molar-refractivity contribution < 1.29 is 9.53 Å². The Bertz CT molecular complexity index is 416. The van der Waals surface area contributed by atoms with Gasteiger partial charge in [-0.2, -0.15) is 0 Å². The van der Waals surface area contributed by atoms with E-state index in [9.17, 15) is 4.79 Å². The van der Waals surface area contributed by atoms with Crippen molar-refractivity contribution in [2.24, 2.45) is 11.7 Å². The highest BCUT2D eigenvalue weighted by Gasteiger charge is 2.22. The summed E-state index contributed by atoms with van der Waals surface area (Å²) in [6.45, 7) is 0.483. The van der Waals surface area contributed by atoms with Crippen LogP contribution in [-0.4, -0.2) is 12.6 Å². The van der Waals surface area contributed by atoms with Crippen LogP contribution in [0, 0.1) is 5.92 Å². The second kappa shape index (κ2) is 6.21. The minimum atomic E-state index is -0.792. The van der Waals surface area contributed by atoms with Crippen molar-refractivity contribution in [3.05, 3.63) is 34.9 Å². The van der Waals surface area contributed by atoms with Crippen LogP contribution in [0.15, 0.2) is 24.3 Å². The zero-order valence-electron chi connectivity index (χ0n) is 10.3. The molecule has 2 N–H and O–H groups in total. The van der Waals surface area contributed by atoms with Crippen molar-refractivity contribution in [3.63, 3.8) is 0 Å². The van der Waals surface area contributed by atoms with E-state index in [1.807, 2.05) is 12.1 Å². The van der Waals surface area contributed by atoms with Crippen molar-refractivity contribution in [2.75, 3.05) is 6.61 Å². The van der Waals surface area contributed by atoms with Gasteiger partial charge in [0, 0.05) is 5.02 Å². The molecule has 0 heterocycles. The molecule has 1 fully saturated rings. The summed E-state index contributed by atoms with van der Waals surface area (Å²) in [6.07, 6.45) is 4.76. The number of carbonyl (C=O) groups excluding carboxylic acids is 1. The maximum Gasteiger partial charge on any atom is 0.327 e. The Morgan fingerprint density at radius 1 is 1.39 bits per heavy atom. The third kappa shape index (κ3) is 3.24. The molecule has 1 aliphatic carbocycles. The minimum absolute atomic E-state index is 0.394. The van der Waals surface area contributed by atoms with Crippen LogP contribution in [0.4, 0.5) is 0 Å². The van der Waals surface area contributed by atoms with Crippen LogP contribution in [-0.2, 0) is 9.53 Å². The van der Waals surface area contributed by atoms with E-state index < -0.39 is 12.0 Å². The van der Waals surface area contributed by atoms with Crippen LogP contribution < -0.4 is 5.73 Å². The van der Waals surface area contributed by atoms with E-state index >= 15 is 0 Å². The van der Waals surface area contributed by atoms with Crippen LogP contribution >= 0.6 is 11.6 Å². The van der Waals surface area contributed by atoms with Crippen molar-refractivity contribution in [1.82, 2.24) is 0 Å². The Kier molecular flexibility index (Phi) is 4.61. The first kappa shape index (κ1) is 13.4. The molecule has 1 saturated carbocycles. The van der Waals surface area contributed by atoms with Gasteiger partial charge in [0.2, 0.25) is 0 Å². The maximum absolute atomic E-state index is 11.8. The minimum Gasteiger partial charge on any atom is -0.464 e. The van der Waals surface area contributed by atoms with E-state index in [2.05, 4.69) is 0 Å². The molecule has 0 bridgehead atoms. The van der Waals surface area contributed by atoms with Gasteiger partial charge in [-0.3, -0.25) is 0 Å². The third-order valence-corrected chi connectivity index (χ3v) is 3.77. The summed E-state index contributed by atoms with van der Waals surface area (Å²) in [6, 6.07) is 6.30. The van der Waals surface area contributed by atoms with Gasteiger partial charge in [-0.1, -0.05) is 42.6 Å². The van der Waals surface area contributed by atoms with Crippen LogP contribution in [0.3, 0.4) is 0 Å². The molecule has 0 spiro atoms. The molecule has 0 radical (unpaired) electrons. The molecule has 1 aromatic rings. The largest absolute Gasteiger partial charge is 0.464 e. The normalized spacial score (nSPS) is 17.7. The molecule has 1 atom stereocenters. The highest BCUT2D eigenvalue weighted by Crippen LogP contribution is 2.26. The first-order chi connectivity index (χ1) is 8.68. The second-order valence-electron chi connectivity index (χ2n) is 4.78. The number of nitrogens with two attached hydrogens (primary N) is 1. The monoisotopic (exact) mass is 267 g/mol. The standard InChI is InChI=1S/C14H18ClNO2/c15-12-8-4-3-7-11(12)13(16)14(17)18-9-10-5-1-2-6-10/h3-4,7-8,10,13H,1-2,5-6,9,16H2/t13-/m1/s1. The first-order valence-corrected chi connectivity index (χ1v) is 6.73. The number of ether oxygens (including phenoxy) is 1. The lowest BCUT2D eigenvalue weighted by molar-refractivity contribution is -0.146. The van der Waals surface area contributed by atoms with Gasteiger partial charge in [0.05, 0.1) is 6.61 Å². The molecule has 4 heteroatoms. The fourth-order valence-electron chi connectivity index (χ4n) is 2.32. The van der Waals surface area contributed by atoms with Gasteiger partial charge in [0.1, 0.15) is 6.04 Å². The lowest BCUT2D eigenvalue weighted by Gasteiger charge is -2.15. The fraction of sp³-hybridized carbons (Fsp3) is 0.500. The van der Waals surface area contributed by atoms with E-state index in [0.717, 1.165) is 12.8 Å². The second-order valence-corrected chi connectivity index (χ2v) is 5.19. The number of esters is 1. The van der Waals surface area contributed by atoms with Crippen molar-refractivity contribution in [2.45, 2.75) is 31.7 Å². The van der Waals surface area contributed by atoms with Crippen molar-refractivity contribution in [3.8, 4) is 0 Å². The van der Waals surface area contributed by atoms with Gasteiger partial charge in [-0.05, 0) is 30.4 Å². The number of hydrogen-bond donors (Lipinski definition) is 1. The first-order valence-electron chi connectivity index (χ1n) is 6.35. The van der Waals surface area contributed by atoms with Gasteiger partial charge in [-0.15, -0.1) is 0 Å². The lowest BCUT2D eigenvalue weighted by Crippen LogP contribution is -2.25. The predicted octanol–water partition coefficient (Wildman–Crippen LogP) is 3.07. The van der Waals surface area contributed by atoms with Gasteiger partial charge in [0.25, 0.3) is 0 Å². The Morgan fingerprint density at radius 2 is 2.06 bits per heavy atom. The highest BCUT2D eigenvalue weighted by molar-refractivity contribution is 6.31. The number of carbonyl (C=O) groups is 1. The lowest BCUT2D eigenvalue weighted by atomic mass is 10.1. The smallest absolute Gasteiger partial charge is 0.327 e. The summed E-state index contributed by atoms with van der Waals surface area (Å²) in [5.74, 6) is 0.113. The molecule has 0 unspecified atom stereocenters. The molecule has 98 valence electrons. The molecule has 1 aromatic carbocycles. The summed E-state index contributed by atoms with van der Waals surface area (Å²) >= 11 is 6.00. The summed E-state index contributed by atoms with van der Waals surface area (Å²) in [5, 5.41) is 0.503. The molecule has 0 saturated heterocycles. The van der Waals surface area contributed by atoms with Gasteiger partial charge in [-0.25, -0.2) is 4.79 Å². The molecular formula is C14H18ClNO2. The maximum atomic E-state index is 11.8. The Balaban J connectivity index is 1.90. The van der Waals surface area contributed by atoms with Gasteiger partial charge >= 0.3 is 5.97 Å². The van der Waals surface area contributed by atoms with Crippen LogP contribution in [0.2, 0.25) is 5.02 Å². The molecule has 2 rings (SSSR count). The molecule has 0 aromatic heterocycles. The number of halogens is 1. The van der Waals surface area contributed by atoms with Gasteiger partial charge < -0.3 is 10.5 Å². The summed E-state index contributed by atoms with van der Waals surface area (Å²) in [5.41, 5.74) is 6.49. The van der Waals surface area contributed by atoms with Crippen LogP contribution in [0.1, 0.15) is 37.3 Å². The summed E-state index contributed by atoms with van der Waals surface area (Å²) in [7, 11) is 0. The number of rotatable bonds is 4. The topological polar surface area (TPSA) is 52.3 Å². The molecule has 1 aliphatic rings. The van der Waals surface area contributed by atoms with E-state index in [1.165, 1.54) is 12.8 Å². The Morgan fingerprint density at radius 3 is 2.72 bits per heavy atom. The Hall–Kier alpha value is -1.06. The summed E-state index contributed by atoms with van der Waals surface area (Å²) in [4.78, 5) is 11.8. The Labute approximate surface area is 112 Å². The van der Waals surface area contributed by atoms with Crippen LogP contribution in [0.25, 0.3) is 0 Å². The van der Waals surface area contributed by atoms with E-state index in [0.29, 0.717) is 23.1 Å². The summed E-state index contributed by atoms with van der Waals surface area (Å²) < 4.78 is 5.27. The predicted molar refractivity (Wildman–Crippen MR) is 71.3 cm³/mol. The highest BCUT2D eigenvalue weighted by atomic mass is 35.5. The average molecular weight is 268 g/mol. The molecule has 18 heavy (non-hydrogen) atoms. The van der Waals surface area contributed by atoms with Crippen LogP contribution in [0.5, 0.6) is 0 Å². The molecule has 0 aliphatic heterocycles. The molecule has 0 amide bonds. The third-order valence-electron chi connectivity index (χ3n) is 3.43. The number of hydrogen-bond acceptors (Lipinski definition) is 3. The molecular weight excluding hydrogens is 250 g/mol. The van der Waals surface area contributed by atoms with E-state index in [1.54, 1.807) is 12.1 Å². The zero-order chi connectivity index (χ0) is 13.0.